The fourth-order valence-corrected chi connectivity index (χ4v) is 3.57. The van der Waals surface area contributed by atoms with Crippen LogP contribution < -0.4 is 15.8 Å². The molecule has 30 heavy (non-hydrogen) atoms. The van der Waals surface area contributed by atoms with E-state index in [1.165, 1.54) is 12.1 Å². The van der Waals surface area contributed by atoms with Crippen molar-refractivity contribution in [1.82, 2.24) is 15.5 Å². The molecule has 0 saturated carbocycles. The van der Waals surface area contributed by atoms with Crippen molar-refractivity contribution in [2.75, 3.05) is 0 Å². The summed E-state index contributed by atoms with van der Waals surface area (Å²) in [5.41, 5.74) is 1.54. The minimum absolute atomic E-state index is 0.00637. The molecule has 3 rings (SSSR count). The second-order valence-electron chi connectivity index (χ2n) is 6.92. The van der Waals surface area contributed by atoms with Crippen LogP contribution in [0.15, 0.2) is 59.5 Å². The third-order valence-electron chi connectivity index (χ3n) is 4.69. The zero-order chi connectivity index (χ0) is 21.7. The monoisotopic (exact) mass is 430 g/mol. The third-order valence-corrected chi connectivity index (χ3v) is 5.62. The number of amides is 4. The van der Waals surface area contributed by atoms with Crippen LogP contribution in [0.3, 0.4) is 0 Å². The maximum atomic E-state index is 12.5. The van der Waals surface area contributed by atoms with Gasteiger partial charge in [0.2, 0.25) is 15.9 Å². The van der Waals surface area contributed by atoms with E-state index in [4.69, 9.17) is 5.14 Å². The third kappa shape index (κ3) is 5.43. The number of primary sulfonamides is 1. The molecule has 1 fully saturated rings. The van der Waals surface area contributed by atoms with Crippen molar-refractivity contribution in [3.8, 4) is 0 Å². The van der Waals surface area contributed by atoms with E-state index >= 15 is 0 Å². The number of nitrogens with zero attached hydrogens (tertiary/aromatic N) is 1. The number of hydrogen-bond acceptors (Lipinski definition) is 5. The summed E-state index contributed by atoms with van der Waals surface area (Å²) in [6.07, 6.45) is 0.247. The number of benzene rings is 2. The van der Waals surface area contributed by atoms with Gasteiger partial charge in [-0.15, -0.1) is 0 Å². The Morgan fingerprint density at radius 3 is 2.33 bits per heavy atom. The molecule has 0 spiro atoms. The topological polar surface area (TPSA) is 139 Å². The van der Waals surface area contributed by atoms with E-state index in [9.17, 15) is 22.8 Å². The summed E-state index contributed by atoms with van der Waals surface area (Å²) in [4.78, 5) is 37.8. The van der Waals surface area contributed by atoms with Gasteiger partial charge in [-0.05, 0) is 29.7 Å². The van der Waals surface area contributed by atoms with Crippen LogP contribution in [0.5, 0.6) is 0 Å². The minimum Gasteiger partial charge on any atom is -0.352 e. The molecule has 0 aromatic heterocycles. The number of carbonyl (C=O) groups excluding carboxylic acids is 3. The van der Waals surface area contributed by atoms with Crippen molar-refractivity contribution in [3.63, 3.8) is 0 Å². The van der Waals surface area contributed by atoms with E-state index in [1.807, 2.05) is 30.3 Å². The number of imide groups is 1. The first kappa shape index (κ1) is 21.5. The SMILES string of the molecule is NS(=O)(=O)c1ccc(CNC(=O)CCC2NC(=O)N(Cc3ccccc3)C2=O)cc1. The highest BCUT2D eigenvalue weighted by Gasteiger charge is 2.37. The van der Waals surface area contributed by atoms with E-state index in [0.29, 0.717) is 5.56 Å². The van der Waals surface area contributed by atoms with Gasteiger partial charge in [0.1, 0.15) is 6.04 Å². The lowest BCUT2D eigenvalue weighted by atomic mass is 10.1. The first-order chi connectivity index (χ1) is 14.2. The van der Waals surface area contributed by atoms with Crippen LogP contribution in [0.2, 0.25) is 0 Å². The molecule has 1 atom stereocenters. The van der Waals surface area contributed by atoms with Crippen molar-refractivity contribution in [2.45, 2.75) is 36.9 Å². The Morgan fingerprint density at radius 1 is 1.03 bits per heavy atom. The quantitative estimate of drug-likeness (QED) is 0.533. The van der Waals surface area contributed by atoms with Crippen molar-refractivity contribution < 1.29 is 22.8 Å². The number of carbonyl (C=O) groups is 3. The van der Waals surface area contributed by atoms with E-state index in [-0.39, 0.29) is 42.6 Å². The van der Waals surface area contributed by atoms with Crippen molar-refractivity contribution >= 4 is 27.9 Å². The molecular formula is C20H22N4O5S. The van der Waals surface area contributed by atoms with Crippen LogP contribution in [0.1, 0.15) is 24.0 Å². The molecule has 2 aromatic carbocycles. The highest BCUT2D eigenvalue weighted by atomic mass is 32.2. The highest BCUT2D eigenvalue weighted by Crippen LogP contribution is 2.15. The first-order valence-corrected chi connectivity index (χ1v) is 10.8. The second-order valence-corrected chi connectivity index (χ2v) is 8.48. The Balaban J connectivity index is 1.46. The number of nitrogens with one attached hydrogen (secondary N) is 2. The molecule has 0 aliphatic carbocycles. The van der Waals surface area contributed by atoms with Crippen LogP contribution in [0, 0.1) is 0 Å². The Bertz CT molecular complexity index is 1040. The molecule has 4 amide bonds. The smallest absolute Gasteiger partial charge is 0.325 e. The second kappa shape index (κ2) is 9.06. The van der Waals surface area contributed by atoms with Gasteiger partial charge >= 0.3 is 6.03 Å². The number of sulfonamides is 1. The Hall–Kier alpha value is -3.24. The van der Waals surface area contributed by atoms with Gasteiger partial charge in [0.05, 0.1) is 11.4 Å². The predicted octanol–water partition coefficient (Wildman–Crippen LogP) is 0.851. The predicted molar refractivity (Wildman–Crippen MR) is 108 cm³/mol. The zero-order valence-corrected chi connectivity index (χ0v) is 16.9. The summed E-state index contributed by atoms with van der Waals surface area (Å²) in [5.74, 6) is -0.635. The fraction of sp³-hybridized carbons (Fsp3) is 0.250. The molecule has 4 N–H and O–H groups in total. The van der Waals surface area contributed by atoms with Gasteiger partial charge in [0, 0.05) is 13.0 Å². The summed E-state index contributed by atoms with van der Waals surface area (Å²) in [6, 6.07) is 13.8. The first-order valence-electron chi connectivity index (χ1n) is 9.28. The van der Waals surface area contributed by atoms with Crippen LogP contribution in [-0.4, -0.2) is 37.2 Å². The largest absolute Gasteiger partial charge is 0.352 e. The zero-order valence-electron chi connectivity index (χ0n) is 16.1. The van der Waals surface area contributed by atoms with Crippen molar-refractivity contribution in [2.24, 2.45) is 5.14 Å². The summed E-state index contributed by atoms with van der Waals surface area (Å²) < 4.78 is 22.5. The standard InChI is InChI=1S/C20H22N4O5S/c21-30(28,29)16-8-6-14(7-9-16)12-22-18(25)11-10-17-19(26)24(20(27)23-17)13-15-4-2-1-3-5-15/h1-9,17H,10-13H2,(H,22,25)(H,23,27)(H2,21,28,29). The van der Waals surface area contributed by atoms with Crippen LogP contribution in [-0.2, 0) is 32.7 Å². The van der Waals surface area contributed by atoms with Gasteiger partial charge in [0.25, 0.3) is 5.91 Å². The lowest BCUT2D eigenvalue weighted by molar-refractivity contribution is -0.128. The summed E-state index contributed by atoms with van der Waals surface area (Å²) in [7, 11) is -3.76. The normalized spacial score (nSPS) is 16.4. The van der Waals surface area contributed by atoms with E-state index < -0.39 is 22.1 Å². The molecule has 2 aromatic rings. The van der Waals surface area contributed by atoms with E-state index in [2.05, 4.69) is 10.6 Å². The summed E-state index contributed by atoms with van der Waals surface area (Å²) in [6.45, 7) is 0.386. The van der Waals surface area contributed by atoms with Crippen molar-refractivity contribution in [1.29, 1.82) is 0 Å². The molecule has 9 nitrogen and oxygen atoms in total. The molecule has 0 bridgehead atoms. The highest BCUT2D eigenvalue weighted by molar-refractivity contribution is 7.89. The fourth-order valence-electron chi connectivity index (χ4n) is 3.05. The van der Waals surface area contributed by atoms with Gasteiger partial charge in [-0.25, -0.2) is 18.4 Å². The maximum Gasteiger partial charge on any atom is 0.325 e. The van der Waals surface area contributed by atoms with E-state index in [1.54, 1.807) is 12.1 Å². The Morgan fingerprint density at radius 2 is 1.70 bits per heavy atom. The molecule has 158 valence electrons. The van der Waals surface area contributed by atoms with E-state index in [0.717, 1.165) is 10.5 Å². The summed E-state index contributed by atoms with van der Waals surface area (Å²) in [5, 5.41) is 10.4. The Kier molecular flexibility index (Phi) is 6.48. The number of hydrogen-bond donors (Lipinski definition) is 3. The van der Waals surface area contributed by atoms with Gasteiger partial charge in [-0.3, -0.25) is 14.5 Å². The molecule has 1 heterocycles. The molecule has 10 heteroatoms. The lowest BCUT2D eigenvalue weighted by Gasteiger charge is -2.13. The Labute approximate surface area is 174 Å². The van der Waals surface area contributed by atoms with Crippen LogP contribution in [0.4, 0.5) is 4.79 Å². The maximum absolute atomic E-state index is 12.5. The summed E-state index contributed by atoms with van der Waals surface area (Å²) >= 11 is 0. The van der Waals surface area contributed by atoms with Gasteiger partial charge in [-0.1, -0.05) is 42.5 Å². The van der Waals surface area contributed by atoms with Gasteiger partial charge in [0.15, 0.2) is 0 Å². The average Bonchev–Trinajstić information content (AvgIpc) is 2.98. The van der Waals surface area contributed by atoms with Crippen molar-refractivity contribution in [3.05, 3.63) is 65.7 Å². The molecule has 0 radical (unpaired) electrons. The van der Waals surface area contributed by atoms with Gasteiger partial charge < -0.3 is 10.6 Å². The molecule has 1 aliphatic heterocycles. The lowest BCUT2D eigenvalue weighted by Crippen LogP contribution is -2.32. The number of nitrogens with two attached hydrogens (primary N) is 1. The molecule has 1 saturated heterocycles. The molecular weight excluding hydrogens is 408 g/mol. The average molecular weight is 430 g/mol. The minimum atomic E-state index is -3.76. The molecule has 1 unspecified atom stereocenters. The van der Waals surface area contributed by atoms with Crippen LogP contribution in [0.25, 0.3) is 0 Å². The van der Waals surface area contributed by atoms with Crippen LogP contribution >= 0.6 is 0 Å². The molecule has 1 aliphatic rings. The van der Waals surface area contributed by atoms with Gasteiger partial charge in [-0.2, -0.15) is 0 Å². The number of urea groups is 1. The number of rotatable bonds is 8.